The molecule has 1 atom stereocenters. The molecule has 0 aliphatic rings. The second-order valence-electron chi connectivity index (χ2n) is 9.84. The predicted molar refractivity (Wildman–Crippen MR) is 170 cm³/mol. The Kier molecular flexibility index (Phi) is 11.7. The highest BCUT2D eigenvalue weighted by Gasteiger charge is 2.34. The number of amides is 2. The molecular formula is C30H35BrClN3O7S. The Hall–Kier alpha value is -3.48. The van der Waals surface area contributed by atoms with E-state index in [9.17, 15) is 18.0 Å². The van der Waals surface area contributed by atoms with Crippen LogP contribution in [0.1, 0.15) is 26.3 Å². The van der Waals surface area contributed by atoms with Crippen LogP contribution in [-0.2, 0) is 26.2 Å². The first-order valence-electron chi connectivity index (χ1n) is 13.2. The summed E-state index contributed by atoms with van der Waals surface area (Å²) in [5.74, 6) is -0.325. The van der Waals surface area contributed by atoms with Crippen LogP contribution in [0.5, 0.6) is 17.2 Å². The number of carbonyl (C=O) groups is 2. The minimum Gasteiger partial charge on any atom is -0.495 e. The van der Waals surface area contributed by atoms with E-state index in [0.29, 0.717) is 5.75 Å². The van der Waals surface area contributed by atoms with Crippen LogP contribution in [0.15, 0.2) is 70.0 Å². The number of hydrogen-bond donors (Lipinski definition) is 1. The summed E-state index contributed by atoms with van der Waals surface area (Å²) in [6.07, 6.45) is 0. The molecule has 3 aromatic carbocycles. The largest absolute Gasteiger partial charge is 0.495 e. The molecule has 0 aromatic heterocycles. The van der Waals surface area contributed by atoms with Gasteiger partial charge in [-0.3, -0.25) is 13.9 Å². The third kappa shape index (κ3) is 8.33. The van der Waals surface area contributed by atoms with E-state index < -0.39 is 28.5 Å². The van der Waals surface area contributed by atoms with E-state index in [4.69, 9.17) is 25.8 Å². The van der Waals surface area contributed by atoms with Crippen molar-refractivity contribution in [3.8, 4) is 17.2 Å². The zero-order valence-electron chi connectivity index (χ0n) is 24.8. The van der Waals surface area contributed by atoms with Crippen molar-refractivity contribution in [2.45, 2.75) is 44.3 Å². The molecule has 0 bridgehead atoms. The van der Waals surface area contributed by atoms with Crippen LogP contribution in [0.4, 0.5) is 5.69 Å². The van der Waals surface area contributed by atoms with Gasteiger partial charge >= 0.3 is 0 Å². The molecular weight excluding hydrogens is 662 g/mol. The number of nitrogens with one attached hydrogen (secondary N) is 1. The molecule has 0 radical (unpaired) electrons. The van der Waals surface area contributed by atoms with Gasteiger partial charge in [-0.05, 0) is 68.8 Å². The third-order valence-electron chi connectivity index (χ3n) is 6.47. The van der Waals surface area contributed by atoms with Crippen LogP contribution in [-0.4, -0.2) is 65.1 Å². The molecule has 0 aliphatic heterocycles. The highest BCUT2D eigenvalue weighted by Crippen LogP contribution is 2.37. The van der Waals surface area contributed by atoms with E-state index in [1.165, 1.54) is 56.6 Å². The number of methoxy groups -OCH3 is 3. The Labute approximate surface area is 266 Å². The predicted octanol–water partition coefficient (Wildman–Crippen LogP) is 5.27. The summed E-state index contributed by atoms with van der Waals surface area (Å²) in [5.41, 5.74) is 0.779. The summed E-state index contributed by atoms with van der Waals surface area (Å²) in [7, 11) is -0.225. The zero-order valence-corrected chi connectivity index (χ0v) is 27.9. The smallest absolute Gasteiger partial charge is 0.265 e. The van der Waals surface area contributed by atoms with E-state index in [2.05, 4.69) is 21.2 Å². The molecule has 1 unspecified atom stereocenters. The molecule has 3 rings (SSSR count). The molecule has 43 heavy (non-hydrogen) atoms. The van der Waals surface area contributed by atoms with Gasteiger partial charge in [0.1, 0.15) is 18.3 Å². The SMILES string of the molecule is COc1ccc(S(=O)(=O)N(CC(=O)N(Cc2cccc(Br)c2)C(C)C(=O)NC(C)C)c2cc(Cl)ccc2OC)cc1OC. The maximum atomic E-state index is 14.3. The fourth-order valence-electron chi connectivity index (χ4n) is 4.30. The van der Waals surface area contributed by atoms with Gasteiger partial charge in [-0.1, -0.05) is 39.7 Å². The number of anilines is 1. The molecule has 13 heteroatoms. The molecule has 0 aliphatic carbocycles. The van der Waals surface area contributed by atoms with Gasteiger partial charge in [0.2, 0.25) is 11.8 Å². The lowest BCUT2D eigenvalue weighted by molar-refractivity contribution is -0.139. The lowest BCUT2D eigenvalue weighted by Crippen LogP contribution is -2.52. The average molecular weight is 697 g/mol. The number of ether oxygens (including phenoxy) is 3. The second kappa shape index (κ2) is 14.8. The molecule has 232 valence electrons. The van der Waals surface area contributed by atoms with E-state index in [0.717, 1.165) is 14.3 Å². The lowest BCUT2D eigenvalue weighted by atomic mass is 10.1. The normalized spacial score (nSPS) is 11.9. The number of sulfonamides is 1. The number of rotatable bonds is 13. The van der Waals surface area contributed by atoms with Gasteiger partial charge in [-0.25, -0.2) is 8.42 Å². The first-order valence-corrected chi connectivity index (χ1v) is 15.9. The summed E-state index contributed by atoms with van der Waals surface area (Å²) in [5, 5.41) is 3.06. The van der Waals surface area contributed by atoms with Crippen LogP contribution in [0.2, 0.25) is 5.02 Å². The topological polar surface area (TPSA) is 114 Å². The van der Waals surface area contributed by atoms with Crippen molar-refractivity contribution in [1.29, 1.82) is 0 Å². The standard InChI is InChI=1S/C30H35BrClN3O7S/c1-19(2)33-30(37)20(3)34(17-21-8-7-9-22(31)14-21)29(36)18-35(25-15-23(32)10-12-26(25)40-4)43(38,39)24-11-13-27(41-5)28(16-24)42-6/h7-16,19-20H,17-18H2,1-6H3,(H,33,37). The highest BCUT2D eigenvalue weighted by molar-refractivity contribution is 9.10. The van der Waals surface area contributed by atoms with Crippen molar-refractivity contribution in [2.75, 3.05) is 32.2 Å². The molecule has 1 N–H and O–H groups in total. The van der Waals surface area contributed by atoms with E-state index in [1.54, 1.807) is 13.0 Å². The molecule has 0 fully saturated rings. The van der Waals surface area contributed by atoms with Crippen LogP contribution in [0, 0.1) is 0 Å². The fraction of sp³-hybridized carbons (Fsp3) is 0.333. The minimum absolute atomic E-state index is 0.0415. The fourth-order valence-corrected chi connectivity index (χ4v) is 6.34. The quantitative estimate of drug-likeness (QED) is 0.259. The van der Waals surface area contributed by atoms with Crippen molar-refractivity contribution >= 4 is 55.1 Å². The second-order valence-corrected chi connectivity index (χ2v) is 13.0. The van der Waals surface area contributed by atoms with Crippen molar-refractivity contribution < 1.29 is 32.2 Å². The van der Waals surface area contributed by atoms with Crippen LogP contribution in [0.25, 0.3) is 0 Å². The maximum Gasteiger partial charge on any atom is 0.265 e. The summed E-state index contributed by atoms with van der Waals surface area (Å²) in [4.78, 5) is 28.4. The van der Waals surface area contributed by atoms with Crippen molar-refractivity contribution in [3.63, 3.8) is 0 Å². The Balaban J connectivity index is 2.15. The monoisotopic (exact) mass is 695 g/mol. The molecule has 3 aromatic rings. The lowest BCUT2D eigenvalue weighted by Gasteiger charge is -2.32. The average Bonchev–Trinajstić information content (AvgIpc) is 2.97. The van der Waals surface area contributed by atoms with Gasteiger partial charge in [0.05, 0.1) is 31.9 Å². The van der Waals surface area contributed by atoms with Gasteiger partial charge in [-0.15, -0.1) is 0 Å². The van der Waals surface area contributed by atoms with Crippen LogP contribution in [0.3, 0.4) is 0 Å². The summed E-state index contributed by atoms with van der Waals surface area (Å²) in [6, 6.07) is 14.8. The van der Waals surface area contributed by atoms with Gasteiger partial charge in [0, 0.05) is 28.1 Å². The number of benzene rings is 3. The van der Waals surface area contributed by atoms with Crippen LogP contribution < -0.4 is 23.8 Å². The molecule has 0 spiro atoms. The maximum absolute atomic E-state index is 14.3. The molecule has 10 nitrogen and oxygen atoms in total. The van der Waals surface area contributed by atoms with E-state index in [-0.39, 0.29) is 45.6 Å². The summed E-state index contributed by atoms with van der Waals surface area (Å²) < 4.78 is 46.3. The Morgan fingerprint density at radius 3 is 2.16 bits per heavy atom. The van der Waals surface area contributed by atoms with Crippen LogP contribution >= 0.6 is 27.5 Å². The van der Waals surface area contributed by atoms with Gasteiger partial charge in [-0.2, -0.15) is 0 Å². The Bertz CT molecular complexity index is 1570. The van der Waals surface area contributed by atoms with Crippen molar-refractivity contribution in [3.05, 3.63) is 75.7 Å². The van der Waals surface area contributed by atoms with Crippen molar-refractivity contribution in [1.82, 2.24) is 10.2 Å². The van der Waals surface area contributed by atoms with Crippen molar-refractivity contribution in [2.24, 2.45) is 0 Å². The van der Waals surface area contributed by atoms with E-state index >= 15 is 0 Å². The Morgan fingerprint density at radius 2 is 1.56 bits per heavy atom. The number of hydrogen-bond acceptors (Lipinski definition) is 7. The zero-order chi connectivity index (χ0) is 31.9. The Morgan fingerprint density at radius 1 is 0.907 bits per heavy atom. The third-order valence-corrected chi connectivity index (χ3v) is 8.96. The highest BCUT2D eigenvalue weighted by atomic mass is 79.9. The molecule has 0 saturated heterocycles. The molecule has 0 heterocycles. The van der Waals surface area contributed by atoms with Gasteiger partial charge in [0.15, 0.2) is 11.5 Å². The van der Waals surface area contributed by atoms with E-state index in [1.807, 2.05) is 38.1 Å². The minimum atomic E-state index is -4.43. The number of carbonyl (C=O) groups excluding carboxylic acids is 2. The number of halogens is 2. The summed E-state index contributed by atoms with van der Waals surface area (Å²) >= 11 is 9.74. The molecule has 2 amide bonds. The van der Waals surface area contributed by atoms with Gasteiger partial charge < -0.3 is 24.4 Å². The summed E-state index contributed by atoms with van der Waals surface area (Å²) in [6.45, 7) is 4.60. The van der Waals surface area contributed by atoms with Gasteiger partial charge in [0.25, 0.3) is 10.0 Å². The first kappa shape index (κ1) is 34.0. The molecule has 0 saturated carbocycles. The number of nitrogens with zero attached hydrogens (tertiary/aromatic N) is 2. The first-order chi connectivity index (χ1) is 20.3.